The third-order valence-electron chi connectivity index (χ3n) is 7.59. The molecule has 166 valence electrons. The lowest BCUT2D eigenvalue weighted by Crippen LogP contribution is -2.40. The Balaban J connectivity index is 1.29. The van der Waals surface area contributed by atoms with E-state index in [1.54, 1.807) is 11.3 Å². The molecule has 2 saturated heterocycles. The van der Waals surface area contributed by atoms with Crippen LogP contribution in [0.1, 0.15) is 31.7 Å². The minimum atomic E-state index is 0.403. The van der Waals surface area contributed by atoms with Gasteiger partial charge in [-0.1, -0.05) is 0 Å². The summed E-state index contributed by atoms with van der Waals surface area (Å²) in [7, 11) is 2.27. The van der Waals surface area contributed by atoms with Crippen LogP contribution in [-0.4, -0.2) is 43.8 Å². The standard InChI is InChI=1S/C25H24N6OS/c1-30-15-2-3-16(30)7-17(6-15)31-12-14(9-29-31)20-10-28-25(26)24-19(20)8-22(32-24)21-13-33-23-11-27-5-4-18(21)23/h4-5,8-13,15-17H,2-3,6-7H2,1H3,(H2,26,28)/t15-,16+,17?. The summed E-state index contributed by atoms with van der Waals surface area (Å²) in [4.78, 5) is 11.2. The molecule has 0 radical (unpaired) electrons. The Morgan fingerprint density at radius 2 is 1.91 bits per heavy atom. The third kappa shape index (κ3) is 2.94. The van der Waals surface area contributed by atoms with Gasteiger partial charge in [0.25, 0.3) is 0 Å². The van der Waals surface area contributed by atoms with Crippen molar-refractivity contribution < 1.29 is 4.42 Å². The van der Waals surface area contributed by atoms with Crippen LogP contribution in [0.25, 0.3) is 43.5 Å². The number of hydrogen-bond acceptors (Lipinski definition) is 7. The van der Waals surface area contributed by atoms with E-state index in [-0.39, 0.29) is 0 Å². The van der Waals surface area contributed by atoms with Gasteiger partial charge in [0.1, 0.15) is 5.76 Å². The molecule has 0 aromatic carbocycles. The summed E-state index contributed by atoms with van der Waals surface area (Å²) >= 11 is 1.66. The molecule has 3 atom stereocenters. The van der Waals surface area contributed by atoms with E-state index < -0.39 is 0 Å². The van der Waals surface area contributed by atoms with Crippen molar-refractivity contribution in [3.05, 3.63) is 48.5 Å². The monoisotopic (exact) mass is 456 g/mol. The number of pyridine rings is 2. The fraction of sp³-hybridized carbons (Fsp3) is 0.320. The van der Waals surface area contributed by atoms with Crippen molar-refractivity contribution in [3.8, 4) is 22.5 Å². The van der Waals surface area contributed by atoms with Gasteiger partial charge in [-0.05, 0) is 44.9 Å². The molecule has 2 aliphatic heterocycles. The Bertz CT molecular complexity index is 1490. The van der Waals surface area contributed by atoms with Gasteiger partial charge in [0, 0.05) is 69.7 Å². The average Bonchev–Trinajstić information content (AvgIpc) is 3.59. The minimum Gasteiger partial charge on any atom is -0.452 e. The zero-order valence-corrected chi connectivity index (χ0v) is 19.1. The SMILES string of the molecule is CN1[C@@H]2CC[C@H]1CC(n1cc(-c3cnc(N)c4oc(-c5csc6cnccc56)cc34)cn1)C2. The molecule has 7 rings (SSSR count). The van der Waals surface area contributed by atoms with Gasteiger partial charge in [-0.25, -0.2) is 4.98 Å². The lowest BCUT2D eigenvalue weighted by molar-refractivity contribution is 0.131. The molecule has 7 nitrogen and oxygen atoms in total. The largest absolute Gasteiger partial charge is 0.452 e. The van der Waals surface area contributed by atoms with E-state index in [0.29, 0.717) is 29.5 Å². The molecule has 2 aliphatic rings. The van der Waals surface area contributed by atoms with Crippen molar-refractivity contribution in [2.45, 2.75) is 43.8 Å². The zero-order valence-electron chi connectivity index (χ0n) is 18.3. The van der Waals surface area contributed by atoms with Gasteiger partial charge in [-0.15, -0.1) is 11.3 Å². The second-order valence-corrected chi connectivity index (χ2v) is 10.2. The number of piperidine rings is 1. The highest BCUT2D eigenvalue weighted by Crippen LogP contribution is 2.42. The first kappa shape index (κ1) is 19.3. The normalized spacial score (nSPS) is 23.1. The Kier molecular flexibility index (Phi) is 4.16. The van der Waals surface area contributed by atoms with Crippen LogP contribution in [-0.2, 0) is 0 Å². The number of rotatable bonds is 3. The summed E-state index contributed by atoms with van der Waals surface area (Å²) in [6.07, 6.45) is 14.6. The zero-order chi connectivity index (χ0) is 22.1. The first-order valence-electron chi connectivity index (χ1n) is 11.4. The predicted octanol–water partition coefficient (Wildman–Crippen LogP) is 5.35. The maximum absolute atomic E-state index is 6.25. The number of hydrogen-bond donors (Lipinski definition) is 1. The van der Waals surface area contributed by atoms with E-state index in [1.165, 1.54) is 25.7 Å². The first-order chi connectivity index (χ1) is 16.2. The van der Waals surface area contributed by atoms with Crippen molar-refractivity contribution >= 4 is 38.2 Å². The fourth-order valence-electron chi connectivity index (χ4n) is 5.76. The topological polar surface area (TPSA) is 86.0 Å². The molecule has 2 bridgehead atoms. The highest BCUT2D eigenvalue weighted by molar-refractivity contribution is 7.17. The van der Waals surface area contributed by atoms with Crippen molar-refractivity contribution in [1.82, 2.24) is 24.6 Å². The van der Waals surface area contributed by atoms with Crippen LogP contribution >= 0.6 is 11.3 Å². The summed E-state index contributed by atoms with van der Waals surface area (Å²) in [5.74, 6) is 1.20. The van der Waals surface area contributed by atoms with Gasteiger partial charge in [-0.3, -0.25) is 9.67 Å². The van der Waals surface area contributed by atoms with Crippen LogP contribution in [0.4, 0.5) is 5.82 Å². The molecular formula is C25H24N6OS. The second kappa shape index (κ2) is 7.13. The Hall–Kier alpha value is -3.23. The van der Waals surface area contributed by atoms with Crippen LogP contribution in [0.2, 0.25) is 0 Å². The van der Waals surface area contributed by atoms with Gasteiger partial charge in [0.05, 0.1) is 16.9 Å². The van der Waals surface area contributed by atoms with Gasteiger partial charge >= 0.3 is 0 Å². The molecule has 0 amide bonds. The molecule has 5 aromatic heterocycles. The second-order valence-electron chi connectivity index (χ2n) is 9.32. The van der Waals surface area contributed by atoms with E-state index >= 15 is 0 Å². The number of furan rings is 1. The number of fused-ring (bicyclic) bond motifs is 4. The number of thiophene rings is 1. The number of nitrogens with two attached hydrogens (primary N) is 1. The van der Waals surface area contributed by atoms with Gasteiger partial charge < -0.3 is 15.1 Å². The Labute approximate surface area is 194 Å². The van der Waals surface area contributed by atoms with Crippen molar-refractivity contribution in [2.24, 2.45) is 0 Å². The maximum atomic E-state index is 6.25. The smallest absolute Gasteiger partial charge is 0.177 e. The first-order valence-corrected chi connectivity index (χ1v) is 12.3. The average molecular weight is 457 g/mol. The fourth-order valence-corrected chi connectivity index (χ4v) is 6.67. The van der Waals surface area contributed by atoms with Crippen LogP contribution in [0.15, 0.2) is 52.9 Å². The highest BCUT2D eigenvalue weighted by Gasteiger charge is 2.39. The molecule has 8 heteroatoms. The summed E-state index contributed by atoms with van der Waals surface area (Å²) < 4.78 is 9.55. The maximum Gasteiger partial charge on any atom is 0.177 e. The molecule has 0 aliphatic carbocycles. The van der Waals surface area contributed by atoms with Gasteiger partial charge in [0.2, 0.25) is 0 Å². The molecule has 2 N–H and O–H groups in total. The third-order valence-corrected chi connectivity index (χ3v) is 8.52. The van der Waals surface area contributed by atoms with E-state index in [1.807, 2.05) is 30.9 Å². The van der Waals surface area contributed by atoms with Gasteiger partial charge in [0.15, 0.2) is 11.4 Å². The van der Waals surface area contributed by atoms with Crippen LogP contribution < -0.4 is 5.73 Å². The van der Waals surface area contributed by atoms with Crippen molar-refractivity contribution in [2.75, 3.05) is 12.8 Å². The van der Waals surface area contributed by atoms with E-state index in [9.17, 15) is 0 Å². The Morgan fingerprint density at radius 3 is 2.76 bits per heavy atom. The molecule has 0 spiro atoms. The van der Waals surface area contributed by atoms with Crippen molar-refractivity contribution in [1.29, 1.82) is 0 Å². The molecule has 1 unspecified atom stereocenters. The predicted molar refractivity (Wildman–Crippen MR) is 131 cm³/mol. The van der Waals surface area contributed by atoms with E-state index in [0.717, 1.165) is 37.9 Å². The summed E-state index contributed by atoms with van der Waals surface area (Å²) in [6.45, 7) is 0. The van der Waals surface area contributed by atoms with E-state index in [2.05, 4.69) is 44.2 Å². The molecular weight excluding hydrogens is 432 g/mol. The Morgan fingerprint density at radius 1 is 1.06 bits per heavy atom. The van der Waals surface area contributed by atoms with Crippen LogP contribution in [0, 0.1) is 0 Å². The lowest BCUT2D eigenvalue weighted by Gasteiger charge is -2.36. The van der Waals surface area contributed by atoms with Gasteiger partial charge in [-0.2, -0.15) is 5.10 Å². The molecule has 7 heterocycles. The number of aromatic nitrogens is 4. The lowest BCUT2D eigenvalue weighted by atomic mass is 9.98. The summed E-state index contributed by atoms with van der Waals surface area (Å²) in [6, 6.07) is 5.92. The van der Waals surface area contributed by atoms with E-state index in [4.69, 9.17) is 15.2 Å². The summed E-state index contributed by atoms with van der Waals surface area (Å²) in [5, 5.41) is 8.98. The van der Waals surface area contributed by atoms with Crippen LogP contribution in [0.5, 0.6) is 0 Å². The molecule has 5 aromatic rings. The molecule has 2 fully saturated rings. The quantitative estimate of drug-likeness (QED) is 0.394. The highest BCUT2D eigenvalue weighted by atomic mass is 32.1. The van der Waals surface area contributed by atoms with Crippen molar-refractivity contribution in [3.63, 3.8) is 0 Å². The number of nitrogen functional groups attached to an aromatic ring is 1. The minimum absolute atomic E-state index is 0.403. The number of nitrogens with zero attached hydrogens (tertiary/aromatic N) is 5. The molecule has 33 heavy (non-hydrogen) atoms. The number of anilines is 1. The van der Waals surface area contributed by atoms with Crippen LogP contribution in [0.3, 0.4) is 0 Å². The molecule has 0 saturated carbocycles. The summed E-state index contributed by atoms with van der Waals surface area (Å²) in [5.41, 5.74) is 9.94.